The summed E-state index contributed by atoms with van der Waals surface area (Å²) in [4.78, 5) is 11.6. The number of halogens is 1. The summed E-state index contributed by atoms with van der Waals surface area (Å²) in [6.45, 7) is 1.85. The van der Waals surface area contributed by atoms with Gasteiger partial charge in [-0.1, -0.05) is 0 Å². The molecule has 0 spiro atoms. The molecule has 0 aromatic heterocycles. The topological polar surface area (TPSA) is 58.6 Å². The zero-order valence-corrected chi connectivity index (χ0v) is 10.7. The number of rotatable bonds is 4. The lowest BCUT2D eigenvalue weighted by atomic mass is 10.2. The normalized spacial score (nSPS) is 12.0. The fraction of sp³-hybridized carbons (Fsp3) is 0.364. The molecule has 4 nitrogen and oxygen atoms in total. The van der Waals surface area contributed by atoms with E-state index in [1.165, 1.54) is 0 Å². The maximum Gasteiger partial charge on any atom is 0.251 e. The van der Waals surface area contributed by atoms with E-state index in [4.69, 9.17) is 9.84 Å². The Labute approximate surface area is 103 Å². The first-order valence-electron chi connectivity index (χ1n) is 4.84. The van der Waals surface area contributed by atoms with Gasteiger partial charge in [0.1, 0.15) is 5.75 Å². The van der Waals surface area contributed by atoms with Crippen LogP contribution in [0.2, 0.25) is 0 Å². The second-order valence-electron chi connectivity index (χ2n) is 3.41. The average Bonchev–Trinajstić information content (AvgIpc) is 2.25. The number of methoxy groups -OCH3 is 1. The minimum atomic E-state index is -0.550. The lowest BCUT2D eigenvalue weighted by Gasteiger charge is -2.08. The molecule has 1 amide bonds. The molecule has 5 heteroatoms. The highest BCUT2D eigenvalue weighted by Crippen LogP contribution is 2.25. The first-order chi connectivity index (χ1) is 7.54. The number of aliphatic hydroxyl groups is 1. The molecule has 1 aromatic rings. The third kappa shape index (κ3) is 3.50. The molecule has 0 aliphatic heterocycles. The molecule has 1 rings (SSSR count). The molecule has 2 N–H and O–H groups in total. The maximum absolute atomic E-state index is 11.6. The molecular weight excluding hydrogens is 274 g/mol. The zero-order chi connectivity index (χ0) is 12.1. The Morgan fingerprint density at radius 3 is 2.81 bits per heavy atom. The molecule has 0 fully saturated rings. The summed E-state index contributed by atoms with van der Waals surface area (Å²) >= 11 is 3.30. The van der Waals surface area contributed by atoms with Crippen molar-refractivity contribution < 1.29 is 14.6 Å². The van der Waals surface area contributed by atoms with Gasteiger partial charge in [0.2, 0.25) is 0 Å². The Bertz CT molecular complexity index is 379. The van der Waals surface area contributed by atoms with Crippen molar-refractivity contribution in [1.82, 2.24) is 5.32 Å². The quantitative estimate of drug-likeness (QED) is 0.884. The standard InChI is InChI=1S/C11H14BrNO3/c1-7(14)6-13-11(15)8-3-4-10(16-2)9(12)5-8/h3-5,7,14H,6H2,1-2H3,(H,13,15)/t7-/m1/s1. The predicted molar refractivity (Wildman–Crippen MR) is 64.7 cm³/mol. The summed E-state index contributed by atoms with van der Waals surface area (Å²) in [5.74, 6) is 0.455. The number of hydrogen-bond acceptors (Lipinski definition) is 3. The van der Waals surface area contributed by atoms with E-state index in [-0.39, 0.29) is 12.5 Å². The lowest BCUT2D eigenvalue weighted by Crippen LogP contribution is -2.30. The highest BCUT2D eigenvalue weighted by molar-refractivity contribution is 9.10. The van der Waals surface area contributed by atoms with E-state index in [9.17, 15) is 4.79 Å². The van der Waals surface area contributed by atoms with Gasteiger partial charge in [-0.25, -0.2) is 0 Å². The fourth-order valence-corrected chi connectivity index (χ4v) is 1.69. The predicted octanol–water partition coefficient (Wildman–Crippen LogP) is 1.57. The maximum atomic E-state index is 11.6. The zero-order valence-electron chi connectivity index (χ0n) is 9.16. The third-order valence-corrected chi connectivity index (χ3v) is 2.59. The highest BCUT2D eigenvalue weighted by Gasteiger charge is 2.09. The molecule has 0 heterocycles. The second kappa shape index (κ2) is 5.86. The summed E-state index contributed by atoms with van der Waals surface area (Å²) in [7, 11) is 1.56. The molecule has 0 aliphatic carbocycles. The van der Waals surface area contributed by atoms with Crippen LogP contribution in [0.15, 0.2) is 22.7 Å². The summed E-state index contributed by atoms with van der Waals surface area (Å²) in [5, 5.41) is 11.7. The Morgan fingerprint density at radius 1 is 1.62 bits per heavy atom. The summed E-state index contributed by atoms with van der Waals surface area (Å²) in [6.07, 6.45) is -0.550. The number of aliphatic hydroxyl groups excluding tert-OH is 1. The van der Waals surface area contributed by atoms with Gasteiger partial charge in [0, 0.05) is 12.1 Å². The van der Waals surface area contributed by atoms with E-state index in [1.54, 1.807) is 32.2 Å². The van der Waals surface area contributed by atoms with Crippen LogP contribution in [-0.4, -0.2) is 30.8 Å². The van der Waals surface area contributed by atoms with Gasteiger partial charge in [0.15, 0.2) is 0 Å². The number of hydrogen-bond donors (Lipinski definition) is 2. The van der Waals surface area contributed by atoms with E-state index in [1.807, 2.05) is 0 Å². The molecule has 0 saturated heterocycles. The summed E-state index contributed by atoms with van der Waals surface area (Å²) in [5.41, 5.74) is 0.522. The van der Waals surface area contributed by atoms with Gasteiger partial charge >= 0.3 is 0 Å². The van der Waals surface area contributed by atoms with Gasteiger partial charge in [-0.05, 0) is 41.1 Å². The van der Waals surface area contributed by atoms with E-state index in [0.717, 1.165) is 4.47 Å². The Kier molecular flexibility index (Phi) is 4.76. The number of carbonyl (C=O) groups is 1. The molecule has 0 radical (unpaired) electrons. The number of carbonyl (C=O) groups excluding carboxylic acids is 1. The van der Waals surface area contributed by atoms with Crippen molar-refractivity contribution >= 4 is 21.8 Å². The number of nitrogens with one attached hydrogen (secondary N) is 1. The molecule has 0 bridgehead atoms. The Hall–Kier alpha value is -1.07. The third-order valence-electron chi connectivity index (χ3n) is 1.97. The monoisotopic (exact) mass is 287 g/mol. The van der Waals surface area contributed by atoms with E-state index < -0.39 is 6.10 Å². The summed E-state index contributed by atoms with van der Waals surface area (Å²) in [6, 6.07) is 5.05. The van der Waals surface area contributed by atoms with Crippen molar-refractivity contribution in [2.75, 3.05) is 13.7 Å². The van der Waals surface area contributed by atoms with Crippen molar-refractivity contribution in [2.24, 2.45) is 0 Å². The molecule has 88 valence electrons. The van der Waals surface area contributed by atoms with E-state index >= 15 is 0 Å². The van der Waals surface area contributed by atoms with Crippen LogP contribution in [0.5, 0.6) is 5.75 Å². The largest absolute Gasteiger partial charge is 0.496 e. The summed E-state index contributed by atoms with van der Waals surface area (Å²) < 4.78 is 5.78. The molecule has 0 aliphatic rings. The molecule has 0 saturated carbocycles. The van der Waals surface area contributed by atoms with Crippen LogP contribution in [0.3, 0.4) is 0 Å². The van der Waals surface area contributed by atoms with Crippen molar-refractivity contribution in [3.8, 4) is 5.75 Å². The number of benzene rings is 1. The van der Waals surface area contributed by atoms with Crippen LogP contribution >= 0.6 is 15.9 Å². The van der Waals surface area contributed by atoms with Crippen molar-refractivity contribution in [3.05, 3.63) is 28.2 Å². The van der Waals surface area contributed by atoms with Gasteiger partial charge in [0.05, 0.1) is 17.7 Å². The van der Waals surface area contributed by atoms with Crippen molar-refractivity contribution in [3.63, 3.8) is 0 Å². The van der Waals surface area contributed by atoms with Gasteiger partial charge in [-0.2, -0.15) is 0 Å². The SMILES string of the molecule is COc1ccc(C(=O)NC[C@@H](C)O)cc1Br. The smallest absolute Gasteiger partial charge is 0.251 e. The fourth-order valence-electron chi connectivity index (χ4n) is 1.15. The van der Waals surface area contributed by atoms with Crippen LogP contribution in [0.4, 0.5) is 0 Å². The van der Waals surface area contributed by atoms with Gasteiger partial charge in [-0.3, -0.25) is 4.79 Å². The van der Waals surface area contributed by atoms with E-state index in [2.05, 4.69) is 21.2 Å². The molecular formula is C11H14BrNO3. The van der Waals surface area contributed by atoms with Crippen LogP contribution in [-0.2, 0) is 0 Å². The highest BCUT2D eigenvalue weighted by atomic mass is 79.9. The Balaban J connectivity index is 2.73. The van der Waals surface area contributed by atoms with Gasteiger partial charge in [0.25, 0.3) is 5.91 Å². The first kappa shape index (κ1) is 13.0. The lowest BCUT2D eigenvalue weighted by molar-refractivity contribution is 0.0924. The van der Waals surface area contributed by atoms with Gasteiger partial charge in [-0.15, -0.1) is 0 Å². The van der Waals surface area contributed by atoms with Gasteiger partial charge < -0.3 is 15.2 Å². The first-order valence-corrected chi connectivity index (χ1v) is 5.63. The minimum absolute atomic E-state index is 0.218. The number of ether oxygens (including phenoxy) is 1. The molecule has 1 aromatic carbocycles. The van der Waals surface area contributed by atoms with Crippen LogP contribution < -0.4 is 10.1 Å². The second-order valence-corrected chi connectivity index (χ2v) is 4.26. The Morgan fingerprint density at radius 2 is 2.31 bits per heavy atom. The van der Waals surface area contributed by atoms with Crippen LogP contribution in [0.1, 0.15) is 17.3 Å². The van der Waals surface area contributed by atoms with Crippen LogP contribution in [0.25, 0.3) is 0 Å². The average molecular weight is 288 g/mol. The number of amides is 1. The minimum Gasteiger partial charge on any atom is -0.496 e. The molecule has 1 atom stereocenters. The van der Waals surface area contributed by atoms with Crippen molar-refractivity contribution in [1.29, 1.82) is 0 Å². The molecule has 16 heavy (non-hydrogen) atoms. The van der Waals surface area contributed by atoms with E-state index in [0.29, 0.717) is 11.3 Å². The van der Waals surface area contributed by atoms with Crippen molar-refractivity contribution in [2.45, 2.75) is 13.0 Å². The molecule has 0 unspecified atom stereocenters. The van der Waals surface area contributed by atoms with Crippen LogP contribution in [0, 0.1) is 0 Å².